The molecular weight excluding hydrogens is 501 g/mol. The number of halogens is 2. The molecule has 0 aromatic heterocycles. The van der Waals surface area contributed by atoms with Crippen LogP contribution in [0, 0.1) is 3.57 Å². The molecule has 0 bridgehead atoms. The van der Waals surface area contributed by atoms with Gasteiger partial charge in [0.1, 0.15) is 5.75 Å². The number of amides is 1. The molecule has 0 spiro atoms. The number of nitrogens with zero attached hydrogens (tertiary/aromatic N) is 1. The molecule has 3 rings (SSSR count). The largest absolute Gasteiger partial charge is 0.484 e. The van der Waals surface area contributed by atoms with E-state index in [2.05, 4.69) is 22.6 Å². The van der Waals surface area contributed by atoms with Crippen LogP contribution in [0.4, 0.5) is 0 Å². The van der Waals surface area contributed by atoms with Crippen LogP contribution in [0.5, 0.6) is 5.75 Å². The van der Waals surface area contributed by atoms with E-state index in [1.807, 2.05) is 30.3 Å². The zero-order valence-electron chi connectivity index (χ0n) is 14.5. The minimum absolute atomic E-state index is 0.0211. The maximum atomic E-state index is 12.9. The number of benzene rings is 2. The summed E-state index contributed by atoms with van der Waals surface area (Å²) in [7, 11) is -3.12. The zero-order valence-corrected chi connectivity index (χ0v) is 18.2. The van der Waals surface area contributed by atoms with E-state index >= 15 is 0 Å². The summed E-state index contributed by atoms with van der Waals surface area (Å²) in [4.78, 5) is 14.4. The van der Waals surface area contributed by atoms with Gasteiger partial charge in [0.15, 0.2) is 16.4 Å². The second-order valence-electron chi connectivity index (χ2n) is 6.41. The normalized spacial score (nSPS) is 18.2. The van der Waals surface area contributed by atoms with Crippen molar-refractivity contribution in [2.75, 3.05) is 18.1 Å². The Morgan fingerprint density at radius 1 is 1.19 bits per heavy atom. The van der Waals surface area contributed by atoms with Gasteiger partial charge in [-0.05, 0) is 64.9 Å². The number of rotatable bonds is 6. The van der Waals surface area contributed by atoms with Gasteiger partial charge < -0.3 is 9.64 Å². The molecular formula is C19H19ClINO4S. The third kappa shape index (κ3) is 5.58. The Labute approximate surface area is 177 Å². The van der Waals surface area contributed by atoms with Gasteiger partial charge in [-0.15, -0.1) is 0 Å². The maximum Gasteiger partial charge on any atom is 0.261 e. The van der Waals surface area contributed by atoms with Gasteiger partial charge in [0.25, 0.3) is 5.91 Å². The van der Waals surface area contributed by atoms with Gasteiger partial charge in [0.05, 0.1) is 11.5 Å². The van der Waals surface area contributed by atoms with E-state index in [9.17, 15) is 13.2 Å². The van der Waals surface area contributed by atoms with Crippen molar-refractivity contribution < 1.29 is 17.9 Å². The Morgan fingerprint density at radius 2 is 1.89 bits per heavy atom. The van der Waals surface area contributed by atoms with Crippen molar-refractivity contribution in [3.05, 3.63) is 62.7 Å². The highest BCUT2D eigenvalue weighted by atomic mass is 127. The molecule has 1 aliphatic rings. The van der Waals surface area contributed by atoms with E-state index < -0.39 is 9.84 Å². The third-order valence-electron chi connectivity index (χ3n) is 4.44. The quantitative estimate of drug-likeness (QED) is 0.548. The van der Waals surface area contributed by atoms with Crippen LogP contribution in [0.3, 0.4) is 0 Å². The first-order valence-electron chi connectivity index (χ1n) is 8.46. The number of hydrogen-bond acceptors (Lipinski definition) is 4. The topological polar surface area (TPSA) is 63.7 Å². The van der Waals surface area contributed by atoms with Gasteiger partial charge in [-0.3, -0.25) is 4.79 Å². The zero-order chi connectivity index (χ0) is 19.4. The first-order chi connectivity index (χ1) is 12.8. The summed E-state index contributed by atoms with van der Waals surface area (Å²) in [6.45, 7) is 0.107. The van der Waals surface area contributed by atoms with Crippen LogP contribution < -0.4 is 4.74 Å². The summed E-state index contributed by atoms with van der Waals surface area (Å²) in [6, 6.07) is 14.3. The Morgan fingerprint density at radius 3 is 2.52 bits per heavy atom. The summed E-state index contributed by atoms with van der Waals surface area (Å²) < 4.78 is 30.5. The molecule has 144 valence electrons. The molecule has 0 N–H and O–H groups in total. The minimum Gasteiger partial charge on any atom is -0.484 e. The first-order valence-corrected chi connectivity index (χ1v) is 11.7. The second-order valence-corrected chi connectivity index (χ2v) is 10.3. The van der Waals surface area contributed by atoms with Crippen LogP contribution in [-0.2, 0) is 21.2 Å². The van der Waals surface area contributed by atoms with Gasteiger partial charge in [-0.2, -0.15) is 0 Å². The van der Waals surface area contributed by atoms with E-state index in [0.717, 1.165) is 9.13 Å². The lowest BCUT2D eigenvalue weighted by Crippen LogP contribution is -2.43. The van der Waals surface area contributed by atoms with Crippen molar-refractivity contribution in [2.45, 2.75) is 19.0 Å². The summed E-state index contributed by atoms with van der Waals surface area (Å²) in [5.41, 5.74) is 0.783. The van der Waals surface area contributed by atoms with E-state index in [1.54, 1.807) is 23.1 Å². The first kappa shape index (κ1) is 20.4. The fourth-order valence-electron chi connectivity index (χ4n) is 3.01. The molecule has 1 aliphatic heterocycles. The minimum atomic E-state index is -3.12. The average molecular weight is 520 g/mol. The van der Waals surface area contributed by atoms with E-state index in [0.29, 0.717) is 17.2 Å². The Balaban J connectivity index is 1.75. The second kappa shape index (κ2) is 8.79. The highest BCUT2D eigenvalue weighted by molar-refractivity contribution is 14.1. The van der Waals surface area contributed by atoms with Gasteiger partial charge in [-0.25, -0.2) is 8.42 Å². The molecule has 2 aromatic rings. The lowest BCUT2D eigenvalue weighted by molar-refractivity contribution is -0.136. The van der Waals surface area contributed by atoms with Crippen LogP contribution >= 0.6 is 34.2 Å². The van der Waals surface area contributed by atoms with Crippen LogP contribution in [0.1, 0.15) is 12.0 Å². The summed E-state index contributed by atoms with van der Waals surface area (Å²) in [5, 5.41) is 0.551. The molecule has 1 amide bonds. The molecule has 1 unspecified atom stereocenters. The van der Waals surface area contributed by atoms with E-state index in [4.69, 9.17) is 16.3 Å². The highest BCUT2D eigenvalue weighted by Crippen LogP contribution is 2.24. The molecule has 8 heteroatoms. The van der Waals surface area contributed by atoms with Crippen LogP contribution in [0.15, 0.2) is 48.5 Å². The predicted molar refractivity (Wildman–Crippen MR) is 114 cm³/mol. The lowest BCUT2D eigenvalue weighted by atomic mass is 10.1. The molecule has 0 aliphatic carbocycles. The van der Waals surface area contributed by atoms with E-state index in [-0.39, 0.29) is 36.6 Å². The molecule has 1 fully saturated rings. The Kier molecular flexibility index (Phi) is 6.65. The monoisotopic (exact) mass is 519 g/mol. The van der Waals surface area contributed by atoms with Crippen molar-refractivity contribution in [1.82, 2.24) is 4.90 Å². The fourth-order valence-corrected chi connectivity index (χ4v) is 5.30. The van der Waals surface area contributed by atoms with Gasteiger partial charge in [-0.1, -0.05) is 29.8 Å². The number of carbonyl (C=O) groups is 1. The third-order valence-corrected chi connectivity index (χ3v) is 7.28. The summed E-state index contributed by atoms with van der Waals surface area (Å²) in [5.74, 6) is 0.422. The van der Waals surface area contributed by atoms with Crippen LogP contribution in [-0.4, -0.2) is 43.4 Å². The molecule has 1 atom stereocenters. The molecule has 5 nitrogen and oxygen atoms in total. The van der Waals surface area contributed by atoms with Crippen molar-refractivity contribution in [2.24, 2.45) is 0 Å². The SMILES string of the molecule is O=C(COc1ccc(I)cc1)N(Cc1ccccc1Cl)C1CCS(=O)(=O)C1. The number of sulfone groups is 1. The summed E-state index contributed by atoms with van der Waals surface area (Å²) >= 11 is 8.43. The van der Waals surface area contributed by atoms with Crippen molar-refractivity contribution in [3.63, 3.8) is 0 Å². The molecule has 1 heterocycles. The molecule has 1 saturated heterocycles. The van der Waals surface area contributed by atoms with Crippen LogP contribution in [0.25, 0.3) is 0 Å². The number of hydrogen-bond donors (Lipinski definition) is 0. The average Bonchev–Trinajstić information content (AvgIpc) is 3.00. The molecule has 27 heavy (non-hydrogen) atoms. The smallest absolute Gasteiger partial charge is 0.261 e. The fraction of sp³-hybridized carbons (Fsp3) is 0.316. The number of carbonyl (C=O) groups excluding carboxylic acids is 1. The van der Waals surface area contributed by atoms with Crippen molar-refractivity contribution >= 4 is 49.9 Å². The predicted octanol–water partition coefficient (Wildman–Crippen LogP) is 3.54. The Bertz CT molecular complexity index is 918. The summed E-state index contributed by atoms with van der Waals surface area (Å²) in [6.07, 6.45) is 0.433. The molecule has 0 saturated carbocycles. The lowest BCUT2D eigenvalue weighted by Gasteiger charge is -2.28. The van der Waals surface area contributed by atoms with Gasteiger partial charge in [0.2, 0.25) is 0 Å². The van der Waals surface area contributed by atoms with Gasteiger partial charge in [0, 0.05) is 21.2 Å². The van der Waals surface area contributed by atoms with Crippen molar-refractivity contribution in [1.29, 1.82) is 0 Å². The Hall–Kier alpha value is -1.32. The molecule has 0 radical (unpaired) electrons. The number of ether oxygens (including phenoxy) is 1. The standard InChI is InChI=1S/C19H19ClINO4S/c20-18-4-2-1-3-14(18)11-22(16-9-10-27(24,25)13-16)19(23)12-26-17-7-5-15(21)6-8-17/h1-8,16H,9-13H2. The van der Waals surface area contributed by atoms with Gasteiger partial charge >= 0.3 is 0 Å². The van der Waals surface area contributed by atoms with Crippen LogP contribution in [0.2, 0.25) is 5.02 Å². The van der Waals surface area contributed by atoms with E-state index in [1.165, 1.54) is 0 Å². The molecule has 2 aromatic carbocycles. The van der Waals surface area contributed by atoms with Crippen molar-refractivity contribution in [3.8, 4) is 5.75 Å². The maximum absolute atomic E-state index is 12.9. The highest BCUT2D eigenvalue weighted by Gasteiger charge is 2.35.